The molecule has 0 aliphatic carbocycles. The van der Waals surface area contributed by atoms with Crippen molar-refractivity contribution in [3.05, 3.63) is 48.8 Å². The summed E-state index contributed by atoms with van der Waals surface area (Å²) in [5.41, 5.74) is 3.66. The van der Waals surface area contributed by atoms with E-state index in [0.29, 0.717) is 0 Å². The highest BCUT2D eigenvalue weighted by atomic mass is 16.5. The lowest BCUT2D eigenvalue weighted by Crippen LogP contribution is -2.27. The summed E-state index contributed by atoms with van der Waals surface area (Å²) in [6.45, 7) is 7.66. The van der Waals surface area contributed by atoms with E-state index in [9.17, 15) is 0 Å². The molecular weight excluding hydrogens is 248 g/mol. The van der Waals surface area contributed by atoms with Crippen molar-refractivity contribution >= 4 is 5.69 Å². The highest BCUT2D eigenvalue weighted by molar-refractivity contribution is 5.65. The maximum absolute atomic E-state index is 5.43. The van der Waals surface area contributed by atoms with E-state index in [2.05, 4.69) is 41.1 Å². The number of benzene rings is 1. The highest BCUT2D eigenvalue weighted by Crippen LogP contribution is 2.22. The molecule has 3 nitrogen and oxygen atoms in total. The SMILES string of the molecule is CCOCCN(CC)c1ccc(-c2ccncc2)cc1. The van der Waals surface area contributed by atoms with Gasteiger partial charge in [-0.05, 0) is 49.2 Å². The molecule has 20 heavy (non-hydrogen) atoms. The molecule has 0 amide bonds. The van der Waals surface area contributed by atoms with Gasteiger partial charge in [0, 0.05) is 37.8 Å². The second kappa shape index (κ2) is 7.65. The Morgan fingerprint density at radius 2 is 1.60 bits per heavy atom. The van der Waals surface area contributed by atoms with Crippen molar-refractivity contribution in [2.24, 2.45) is 0 Å². The summed E-state index contributed by atoms with van der Waals surface area (Å²) in [5, 5.41) is 0. The fourth-order valence-electron chi connectivity index (χ4n) is 2.20. The fraction of sp³-hybridized carbons (Fsp3) is 0.353. The fourth-order valence-corrected chi connectivity index (χ4v) is 2.20. The monoisotopic (exact) mass is 270 g/mol. The van der Waals surface area contributed by atoms with Crippen LogP contribution in [0.5, 0.6) is 0 Å². The number of likely N-dealkylation sites (N-methyl/N-ethyl adjacent to an activating group) is 1. The van der Waals surface area contributed by atoms with Crippen LogP contribution in [0.4, 0.5) is 5.69 Å². The first kappa shape index (κ1) is 14.5. The van der Waals surface area contributed by atoms with Crippen LogP contribution in [0.3, 0.4) is 0 Å². The van der Waals surface area contributed by atoms with Gasteiger partial charge in [-0.2, -0.15) is 0 Å². The Bertz CT molecular complexity index is 496. The van der Waals surface area contributed by atoms with Crippen molar-refractivity contribution in [1.82, 2.24) is 4.98 Å². The average molecular weight is 270 g/mol. The van der Waals surface area contributed by atoms with Gasteiger partial charge >= 0.3 is 0 Å². The van der Waals surface area contributed by atoms with E-state index in [1.165, 1.54) is 16.8 Å². The van der Waals surface area contributed by atoms with Gasteiger partial charge in [-0.25, -0.2) is 0 Å². The number of ether oxygens (including phenoxy) is 1. The molecule has 0 atom stereocenters. The minimum Gasteiger partial charge on any atom is -0.380 e. The zero-order chi connectivity index (χ0) is 14.2. The van der Waals surface area contributed by atoms with Crippen LogP contribution in [0.1, 0.15) is 13.8 Å². The first-order valence-electron chi connectivity index (χ1n) is 7.18. The Labute approximate surface area is 121 Å². The molecule has 2 rings (SSSR count). The Morgan fingerprint density at radius 3 is 2.20 bits per heavy atom. The predicted molar refractivity (Wildman–Crippen MR) is 84.1 cm³/mol. The lowest BCUT2D eigenvalue weighted by molar-refractivity contribution is 0.154. The molecule has 0 aliphatic rings. The predicted octanol–water partition coefficient (Wildman–Crippen LogP) is 3.61. The molecule has 0 aliphatic heterocycles. The number of hydrogen-bond acceptors (Lipinski definition) is 3. The summed E-state index contributed by atoms with van der Waals surface area (Å²) < 4.78 is 5.43. The third-order valence-electron chi connectivity index (χ3n) is 3.34. The molecule has 0 saturated carbocycles. The van der Waals surface area contributed by atoms with Crippen molar-refractivity contribution < 1.29 is 4.74 Å². The average Bonchev–Trinajstić information content (AvgIpc) is 2.53. The van der Waals surface area contributed by atoms with Crippen LogP contribution in [-0.2, 0) is 4.74 Å². The van der Waals surface area contributed by atoms with Crippen LogP contribution >= 0.6 is 0 Å². The number of aromatic nitrogens is 1. The lowest BCUT2D eigenvalue weighted by Gasteiger charge is -2.23. The summed E-state index contributed by atoms with van der Waals surface area (Å²) >= 11 is 0. The molecular formula is C17H22N2O. The van der Waals surface area contributed by atoms with Gasteiger partial charge in [-0.3, -0.25) is 4.98 Å². The van der Waals surface area contributed by atoms with Crippen LogP contribution in [0.25, 0.3) is 11.1 Å². The lowest BCUT2D eigenvalue weighted by atomic mass is 10.1. The van der Waals surface area contributed by atoms with Gasteiger partial charge in [0.25, 0.3) is 0 Å². The standard InChI is InChI=1S/C17H22N2O/c1-3-19(13-14-20-4-2)17-7-5-15(6-8-17)16-9-11-18-12-10-16/h5-12H,3-4,13-14H2,1-2H3. The Morgan fingerprint density at radius 1 is 0.950 bits per heavy atom. The molecule has 1 aromatic heterocycles. The number of rotatable bonds is 7. The van der Waals surface area contributed by atoms with Gasteiger partial charge in [0.2, 0.25) is 0 Å². The van der Waals surface area contributed by atoms with E-state index in [-0.39, 0.29) is 0 Å². The highest BCUT2D eigenvalue weighted by Gasteiger charge is 2.04. The molecule has 0 unspecified atom stereocenters. The van der Waals surface area contributed by atoms with Gasteiger partial charge in [-0.15, -0.1) is 0 Å². The normalized spacial score (nSPS) is 10.5. The second-order valence-electron chi connectivity index (χ2n) is 4.56. The maximum Gasteiger partial charge on any atom is 0.0641 e. The third kappa shape index (κ3) is 3.81. The van der Waals surface area contributed by atoms with Gasteiger partial charge in [0.1, 0.15) is 0 Å². The van der Waals surface area contributed by atoms with Gasteiger partial charge in [0.05, 0.1) is 6.61 Å². The minimum atomic E-state index is 0.774. The quantitative estimate of drug-likeness (QED) is 0.719. The number of pyridine rings is 1. The zero-order valence-corrected chi connectivity index (χ0v) is 12.2. The van der Waals surface area contributed by atoms with Gasteiger partial charge in [0.15, 0.2) is 0 Å². The van der Waals surface area contributed by atoms with E-state index in [4.69, 9.17) is 4.74 Å². The van der Waals surface area contributed by atoms with Crippen LogP contribution in [0, 0.1) is 0 Å². The summed E-state index contributed by atoms with van der Waals surface area (Å²) in [5.74, 6) is 0. The molecule has 0 N–H and O–H groups in total. The third-order valence-corrected chi connectivity index (χ3v) is 3.34. The summed E-state index contributed by atoms with van der Waals surface area (Å²) in [6.07, 6.45) is 3.65. The summed E-state index contributed by atoms with van der Waals surface area (Å²) in [6, 6.07) is 12.7. The molecule has 1 heterocycles. The maximum atomic E-state index is 5.43. The molecule has 1 aromatic carbocycles. The molecule has 106 valence electrons. The molecule has 0 fully saturated rings. The Balaban J connectivity index is 2.06. The summed E-state index contributed by atoms with van der Waals surface area (Å²) in [4.78, 5) is 6.37. The topological polar surface area (TPSA) is 25.4 Å². The van der Waals surface area contributed by atoms with Crippen LogP contribution in [0.15, 0.2) is 48.8 Å². The van der Waals surface area contributed by atoms with Crippen LogP contribution < -0.4 is 4.90 Å². The van der Waals surface area contributed by atoms with E-state index in [0.717, 1.165) is 26.3 Å². The first-order chi connectivity index (χ1) is 9.85. The number of nitrogens with zero attached hydrogens (tertiary/aromatic N) is 2. The first-order valence-corrected chi connectivity index (χ1v) is 7.18. The van der Waals surface area contributed by atoms with Crippen molar-refractivity contribution in [2.45, 2.75) is 13.8 Å². The minimum absolute atomic E-state index is 0.774. The molecule has 0 saturated heterocycles. The second-order valence-corrected chi connectivity index (χ2v) is 4.56. The van der Waals surface area contributed by atoms with Gasteiger partial charge < -0.3 is 9.64 Å². The zero-order valence-electron chi connectivity index (χ0n) is 12.2. The van der Waals surface area contributed by atoms with Crippen LogP contribution in [0.2, 0.25) is 0 Å². The van der Waals surface area contributed by atoms with E-state index in [1.54, 1.807) is 0 Å². The smallest absolute Gasteiger partial charge is 0.0641 e. The molecule has 0 bridgehead atoms. The van der Waals surface area contributed by atoms with Gasteiger partial charge in [-0.1, -0.05) is 12.1 Å². The van der Waals surface area contributed by atoms with E-state index < -0.39 is 0 Å². The summed E-state index contributed by atoms with van der Waals surface area (Å²) in [7, 11) is 0. The molecule has 0 radical (unpaired) electrons. The largest absolute Gasteiger partial charge is 0.380 e. The van der Waals surface area contributed by atoms with E-state index in [1.807, 2.05) is 31.5 Å². The van der Waals surface area contributed by atoms with Crippen molar-refractivity contribution in [3.8, 4) is 11.1 Å². The van der Waals surface area contributed by atoms with Crippen molar-refractivity contribution in [2.75, 3.05) is 31.2 Å². The number of anilines is 1. The molecule has 0 spiro atoms. The molecule has 2 aromatic rings. The van der Waals surface area contributed by atoms with Crippen molar-refractivity contribution in [3.63, 3.8) is 0 Å². The van der Waals surface area contributed by atoms with Crippen LogP contribution in [-0.4, -0.2) is 31.3 Å². The molecule has 3 heteroatoms. The Hall–Kier alpha value is -1.87. The van der Waals surface area contributed by atoms with Crippen molar-refractivity contribution in [1.29, 1.82) is 0 Å². The number of hydrogen-bond donors (Lipinski definition) is 0. The Kier molecular flexibility index (Phi) is 5.56. The van der Waals surface area contributed by atoms with E-state index >= 15 is 0 Å².